The van der Waals surface area contributed by atoms with Crippen molar-refractivity contribution in [3.63, 3.8) is 0 Å². The minimum absolute atomic E-state index is 0.0103. The third-order valence-corrected chi connectivity index (χ3v) is 4.89. The fourth-order valence-electron chi connectivity index (χ4n) is 2.95. The highest BCUT2D eigenvalue weighted by atomic mass is 16.6. The molecule has 1 aliphatic rings. The van der Waals surface area contributed by atoms with Gasteiger partial charge in [0.2, 0.25) is 0 Å². The smallest absolute Gasteiger partial charge is 0.338 e. The number of hydrogen-bond acceptors (Lipinski definition) is 6. The molecule has 8 nitrogen and oxygen atoms in total. The van der Waals surface area contributed by atoms with E-state index >= 15 is 0 Å². The summed E-state index contributed by atoms with van der Waals surface area (Å²) < 4.78 is 4.98. The number of anilines is 1. The average Bonchev–Trinajstić information content (AvgIpc) is 2.66. The Hall–Kier alpha value is -2.64. The Balaban J connectivity index is 2.07. The largest absolute Gasteiger partial charge is 0.452 e. The lowest BCUT2D eigenvalue weighted by atomic mass is 9.98. The van der Waals surface area contributed by atoms with Gasteiger partial charge in [-0.25, -0.2) is 4.79 Å². The molecule has 0 aliphatic carbocycles. The van der Waals surface area contributed by atoms with Gasteiger partial charge >= 0.3 is 5.97 Å². The second-order valence-electron chi connectivity index (χ2n) is 7.08. The molecule has 1 heterocycles. The lowest BCUT2D eigenvalue weighted by Gasteiger charge is -2.31. The summed E-state index contributed by atoms with van der Waals surface area (Å²) in [6.07, 6.45) is 2.72. The summed E-state index contributed by atoms with van der Waals surface area (Å²) in [5.74, 6) is -0.543. The molecular weight excluding hydrogens is 350 g/mol. The number of piperidine rings is 1. The first-order chi connectivity index (χ1) is 12.8. The van der Waals surface area contributed by atoms with Crippen LogP contribution in [0.15, 0.2) is 18.2 Å². The van der Waals surface area contributed by atoms with Crippen LogP contribution < -0.4 is 10.2 Å². The number of esters is 1. The molecule has 1 aromatic carbocycles. The van der Waals surface area contributed by atoms with Crippen molar-refractivity contribution in [1.82, 2.24) is 5.32 Å². The predicted octanol–water partition coefficient (Wildman–Crippen LogP) is 2.90. The quantitative estimate of drug-likeness (QED) is 0.445. The molecule has 1 saturated heterocycles. The molecule has 8 heteroatoms. The van der Waals surface area contributed by atoms with Crippen molar-refractivity contribution >= 4 is 23.3 Å². The molecule has 0 radical (unpaired) electrons. The molecule has 148 valence electrons. The summed E-state index contributed by atoms with van der Waals surface area (Å²) in [6.45, 7) is 7.04. The molecule has 1 amide bonds. The van der Waals surface area contributed by atoms with E-state index in [2.05, 4.69) is 12.2 Å². The van der Waals surface area contributed by atoms with E-state index in [4.69, 9.17) is 4.74 Å². The van der Waals surface area contributed by atoms with Gasteiger partial charge in [-0.1, -0.05) is 13.8 Å². The summed E-state index contributed by atoms with van der Waals surface area (Å²) in [6, 6.07) is 4.31. The Morgan fingerprint density at radius 3 is 2.63 bits per heavy atom. The third-order valence-electron chi connectivity index (χ3n) is 4.89. The topological polar surface area (TPSA) is 102 Å². The normalized spacial score (nSPS) is 15.9. The Kier molecular flexibility index (Phi) is 7.15. The molecule has 2 rings (SSSR count). The van der Waals surface area contributed by atoms with Gasteiger partial charge in [-0.2, -0.15) is 0 Å². The van der Waals surface area contributed by atoms with Gasteiger partial charge in [0.1, 0.15) is 5.69 Å². The molecule has 1 fully saturated rings. The first kappa shape index (κ1) is 20.7. The molecule has 0 aromatic heterocycles. The average molecular weight is 377 g/mol. The Morgan fingerprint density at radius 2 is 2.04 bits per heavy atom. The van der Waals surface area contributed by atoms with Crippen molar-refractivity contribution < 1.29 is 19.2 Å². The molecule has 1 aromatic rings. The van der Waals surface area contributed by atoms with Crippen LogP contribution in [0.2, 0.25) is 0 Å². The molecule has 27 heavy (non-hydrogen) atoms. The molecule has 0 bridgehead atoms. The third kappa shape index (κ3) is 5.67. The minimum atomic E-state index is -0.754. The maximum atomic E-state index is 12.2. The van der Waals surface area contributed by atoms with E-state index in [9.17, 15) is 19.7 Å². The molecule has 0 spiro atoms. The number of hydrogen-bond donors (Lipinski definition) is 1. The fourth-order valence-corrected chi connectivity index (χ4v) is 2.95. The van der Waals surface area contributed by atoms with Gasteiger partial charge in [0.25, 0.3) is 11.6 Å². The van der Waals surface area contributed by atoms with Crippen LogP contribution in [0.3, 0.4) is 0 Å². The van der Waals surface area contributed by atoms with Crippen LogP contribution in [0.1, 0.15) is 50.4 Å². The number of carbonyl (C=O) groups excluding carboxylic acids is 2. The number of carbonyl (C=O) groups is 2. The van der Waals surface area contributed by atoms with Gasteiger partial charge in [0.15, 0.2) is 6.61 Å². The number of nitro benzene ring substituents is 1. The number of rotatable bonds is 7. The van der Waals surface area contributed by atoms with E-state index < -0.39 is 23.4 Å². The molecule has 1 atom stereocenters. The zero-order valence-corrected chi connectivity index (χ0v) is 16.1. The number of nitrogens with zero attached hydrogens (tertiary/aromatic N) is 2. The molecular formula is C19H27N3O5. The van der Waals surface area contributed by atoms with E-state index in [0.717, 1.165) is 32.4 Å². The highest BCUT2D eigenvalue weighted by molar-refractivity contribution is 5.93. The lowest BCUT2D eigenvalue weighted by molar-refractivity contribution is -0.384. The molecule has 0 unspecified atom stereocenters. The van der Waals surface area contributed by atoms with E-state index in [-0.39, 0.29) is 17.3 Å². The summed E-state index contributed by atoms with van der Waals surface area (Å²) in [5.41, 5.74) is 0.452. The van der Waals surface area contributed by atoms with E-state index in [1.807, 2.05) is 18.7 Å². The SMILES string of the molecule is CC[C@H](C)NC(=O)COC(=O)c1ccc(N2CCC(C)CC2)c([N+](=O)[O-])c1. The number of amides is 1. The van der Waals surface area contributed by atoms with Crippen molar-refractivity contribution in [2.75, 3.05) is 24.6 Å². The highest BCUT2D eigenvalue weighted by Gasteiger charge is 2.25. The zero-order chi connectivity index (χ0) is 20.0. The van der Waals surface area contributed by atoms with Gasteiger partial charge in [-0.15, -0.1) is 0 Å². The van der Waals surface area contributed by atoms with Crippen molar-refractivity contribution in [3.8, 4) is 0 Å². The van der Waals surface area contributed by atoms with Crippen molar-refractivity contribution in [2.24, 2.45) is 5.92 Å². The van der Waals surface area contributed by atoms with E-state index in [1.165, 1.54) is 12.1 Å². The highest BCUT2D eigenvalue weighted by Crippen LogP contribution is 2.32. The number of benzene rings is 1. The van der Waals surface area contributed by atoms with Gasteiger partial charge in [0.05, 0.1) is 10.5 Å². The van der Waals surface area contributed by atoms with Crippen molar-refractivity contribution in [1.29, 1.82) is 0 Å². The zero-order valence-electron chi connectivity index (χ0n) is 16.1. The van der Waals surface area contributed by atoms with Crippen LogP contribution in [-0.2, 0) is 9.53 Å². The molecule has 0 saturated carbocycles. The van der Waals surface area contributed by atoms with Crippen LogP contribution in [-0.4, -0.2) is 42.5 Å². The van der Waals surface area contributed by atoms with Crippen LogP contribution in [0, 0.1) is 16.0 Å². The maximum Gasteiger partial charge on any atom is 0.338 e. The van der Waals surface area contributed by atoms with E-state index in [0.29, 0.717) is 11.6 Å². The minimum Gasteiger partial charge on any atom is -0.452 e. The number of ether oxygens (including phenoxy) is 1. The summed E-state index contributed by atoms with van der Waals surface area (Å²) >= 11 is 0. The number of nitrogens with one attached hydrogen (secondary N) is 1. The number of nitro groups is 1. The second-order valence-corrected chi connectivity index (χ2v) is 7.08. The standard InChI is InChI=1S/C19H27N3O5/c1-4-14(3)20-18(23)12-27-19(24)15-5-6-16(17(11-15)22(25)26)21-9-7-13(2)8-10-21/h5-6,11,13-14H,4,7-10,12H2,1-3H3,(H,20,23)/t14-/m0/s1. The summed E-state index contributed by atoms with van der Waals surface area (Å²) in [7, 11) is 0. The summed E-state index contributed by atoms with van der Waals surface area (Å²) in [5, 5.41) is 14.2. The van der Waals surface area contributed by atoms with Crippen LogP contribution in [0.4, 0.5) is 11.4 Å². The molecule has 1 N–H and O–H groups in total. The van der Waals surface area contributed by atoms with Crippen LogP contribution in [0.5, 0.6) is 0 Å². The predicted molar refractivity (Wildman–Crippen MR) is 102 cm³/mol. The van der Waals surface area contributed by atoms with Crippen LogP contribution in [0.25, 0.3) is 0 Å². The monoisotopic (exact) mass is 377 g/mol. The second kappa shape index (κ2) is 9.34. The Morgan fingerprint density at radius 1 is 1.37 bits per heavy atom. The maximum absolute atomic E-state index is 12.2. The first-order valence-corrected chi connectivity index (χ1v) is 9.31. The van der Waals surface area contributed by atoms with Crippen molar-refractivity contribution in [2.45, 2.75) is 46.1 Å². The van der Waals surface area contributed by atoms with Gasteiger partial charge in [-0.3, -0.25) is 14.9 Å². The van der Waals surface area contributed by atoms with Crippen LogP contribution >= 0.6 is 0 Å². The lowest BCUT2D eigenvalue weighted by Crippen LogP contribution is -2.35. The van der Waals surface area contributed by atoms with E-state index in [1.54, 1.807) is 6.07 Å². The van der Waals surface area contributed by atoms with Crippen molar-refractivity contribution in [3.05, 3.63) is 33.9 Å². The van der Waals surface area contributed by atoms with Gasteiger partial charge in [-0.05, 0) is 44.2 Å². The first-order valence-electron chi connectivity index (χ1n) is 9.31. The Bertz CT molecular complexity index is 699. The fraction of sp³-hybridized carbons (Fsp3) is 0.579. The van der Waals surface area contributed by atoms with Gasteiger partial charge < -0.3 is 15.0 Å². The summed E-state index contributed by atoms with van der Waals surface area (Å²) in [4.78, 5) is 36.9. The Labute approximate surface area is 159 Å². The molecule has 1 aliphatic heterocycles. The van der Waals surface area contributed by atoms with Gasteiger partial charge in [0, 0.05) is 25.2 Å².